The Hall–Kier alpha value is -1.14. The van der Waals surface area contributed by atoms with Crippen molar-refractivity contribution in [3.63, 3.8) is 0 Å². The molecule has 1 heterocycles. The van der Waals surface area contributed by atoms with E-state index < -0.39 is 0 Å². The highest BCUT2D eigenvalue weighted by Crippen LogP contribution is 2.11. The first-order valence-corrected chi connectivity index (χ1v) is 7.93. The van der Waals surface area contributed by atoms with E-state index in [1.54, 1.807) is 0 Å². The minimum atomic E-state index is -0.0509. The lowest BCUT2D eigenvalue weighted by molar-refractivity contribution is -0.124. The van der Waals surface area contributed by atoms with Crippen LogP contribution in [0, 0.1) is 0 Å². The standard InChI is InChI=1S/C15H29N3O3/c1-3-14(19)17-13-6-10-18(11-7-13)9-5-4-8-16-15(20)12-21-2/h13H,3-12H2,1-2H3,(H,16,20)(H,17,19). The molecule has 0 aromatic rings. The fourth-order valence-corrected chi connectivity index (χ4v) is 2.50. The Balaban J connectivity index is 2.00. The average Bonchev–Trinajstić information content (AvgIpc) is 2.48. The van der Waals surface area contributed by atoms with Gasteiger partial charge in [-0.2, -0.15) is 0 Å². The van der Waals surface area contributed by atoms with Gasteiger partial charge in [0.15, 0.2) is 0 Å². The molecule has 122 valence electrons. The number of carbonyl (C=O) groups is 2. The first-order chi connectivity index (χ1) is 10.2. The largest absolute Gasteiger partial charge is 0.375 e. The van der Waals surface area contributed by atoms with Gasteiger partial charge in [0, 0.05) is 39.2 Å². The molecule has 1 aliphatic rings. The van der Waals surface area contributed by atoms with Crippen molar-refractivity contribution in [2.45, 2.75) is 45.1 Å². The van der Waals surface area contributed by atoms with Gasteiger partial charge in [-0.25, -0.2) is 0 Å². The molecule has 0 unspecified atom stereocenters. The summed E-state index contributed by atoms with van der Waals surface area (Å²) >= 11 is 0. The van der Waals surface area contributed by atoms with Crippen LogP contribution in [0.4, 0.5) is 0 Å². The zero-order valence-corrected chi connectivity index (χ0v) is 13.3. The Morgan fingerprint density at radius 1 is 1.19 bits per heavy atom. The molecule has 2 N–H and O–H groups in total. The van der Waals surface area contributed by atoms with Gasteiger partial charge < -0.3 is 20.3 Å². The van der Waals surface area contributed by atoms with Crippen molar-refractivity contribution in [2.75, 3.05) is 39.9 Å². The van der Waals surface area contributed by atoms with Crippen molar-refractivity contribution in [3.05, 3.63) is 0 Å². The van der Waals surface area contributed by atoms with Crippen molar-refractivity contribution in [3.8, 4) is 0 Å². The molecule has 0 radical (unpaired) electrons. The molecule has 1 saturated heterocycles. The third-order valence-corrected chi connectivity index (χ3v) is 3.77. The zero-order chi connectivity index (χ0) is 15.5. The molecule has 0 saturated carbocycles. The number of ether oxygens (including phenoxy) is 1. The minimum absolute atomic E-state index is 0.0509. The van der Waals surface area contributed by atoms with E-state index in [2.05, 4.69) is 15.5 Å². The van der Waals surface area contributed by atoms with Crippen LogP contribution in [0.25, 0.3) is 0 Å². The van der Waals surface area contributed by atoms with Gasteiger partial charge in [-0.1, -0.05) is 6.92 Å². The number of amides is 2. The van der Waals surface area contributed by atoms with Gasteiger partial charge >= 0.3 is 0 Å². The molecular weight excluding hydrogens is 270 g/mol. The van der Waals surface area contributed by atoms with E-state index in [1.165, 1.54) is 7.11 Å². The summed E-state index contributed by atoms with van der Waals surface area (Å²) < 4.78 is 4.75. The molecule has 0 aliphatic carbocycles. The molecule has 6 nitrogen and oxygen atoms in total. The van der Waals surface area contributed by atoms with Crippen LogP contribution < -0.4 is 10.6 Å². The van der Waals surface area contributed by atoms with Crippen LogP contribution >= 0.6 is 0 Å². The molecule has 0 bridgehead atoms. The SMILES string of the molecule is CCC(=O)NC1CCN(CCCCNC(=O)COC)CC1. The van der Waals surface area contributed by atoms with Crippen molar-refractivity contribution < 1.29 is 14.3 Å². The highest BCUT2D eigenvalue weighted by atomic mass is 16.5. The van der Waals surface area contributed by atoms with E-state index in [9.17, 15) is 9.59 Å². The summed E-state index contributed by atoms with van der Waals surface area (Å²) in [4.78, 5) is 25.0. The van der Waals surface area contributed by atoms with Gasteiger partial charge in [-0.15, -0.1) is 0 Å². The Kier molecular flexibility index (Phi) is 9.01. The number of carbonyl (C=O) groups excluding carboxylic acids is 2. The first kappa shape index (κ1) is 17.9. The third-order valence-electron chi connectivity index (χ3n) is 3.77. The van der Waals surface area contributed by atoms with Gasteiger partial charge in [0.25, 0.3) is 0 Å². The maximum Gasteiger partial charge on any atom is 0.245 e. The van der Waals surface area contributed by atoms with Crippen molar-refractivity contribution in [2.24, 2.45) is 0 Å². The molecule has 0 atom stereocenters. The van der Waals surface area contributed by atoms with E-state index in [0.29, 0.717) is 19.0 Å². The fraction of sp³-hybridized carbons (Fsp3) is 0.867. The Morgan fingerprint density at radius 3 is 2.52 bits per heavy atom. The second-order valence-corrected chi connectivity index (χ2v) is 5.53. The van der Waals surface area contributed by atoms with Crippen LogP contribution in [0.15, 0.2) is 0 Å². The molecule has 0 aromatic carbocycles. The zero-order valence-electron chi connectivity index (χ0n) is 13.3. The fourth-order valence-electron chi connectivity index (χ4n) is 2.50. The summed E-state index contributed by atoms with van der Waals surface area (Å²) in [5, 5.41) is 5.89. The van der Waals surface area contributed by atoms with Gasteiger partial charge in [0.1, 0.15) is 6.61 Å². The van der Waals surface area contributed by atoms with E-state index in [4.69, 9.17) is 4.74 Å². The summed E-state index contributed by atoms with van der Waals surface area (Å²) in [6.45, 7) is 5.89. The van der Waals surface area contributed by atoms with Crippen LogP contribution in [0.1, 0.15) is 39.0 Å². The smallest absolute Gasteiger partial charge is 0.245 e. The molecule has 2 amide bonds. The predicted molar refractivity (Wildman–Crippen MR) is 82.0 cm³/mol. The highest BCUT2D eigenvalue weighted by Gasteiger charge is 2.19. The van der Waals surface area contributed by atoms with Crippen LogP contribution in [0.5, 0.6) is 0 Å². The van der Waals surface area contributed by atoms with Crippen LogP contribution in [0.2, 0.25) is 0 Å². The van der Waals surface area contributed by atoms with Crippen molar-refractivity contribution in [1.82, 2.24) is 15.5 Å². The first-order valence-electron chi connectivity index (χ1n) is 7.93. The molecule has 1 fully saturated rings. The Morgan fingerprint density at radius 2 is 1.90 bits per heavy atom. The quantitative estimate of drug-likeness (QED) is 0.609. The number of nitrogens with zero attached hydrogens (tertiary/aromatic N) is 1. The number of hydrogen-bond donors (Lipinski definition) is 2. The monoisotopic (exact) mass is 299 g/mol. The van der Waals surface area contributed by atoms with E-state index >= 15 is 0 Å². The molecule has 6 heteroatoms. The van der Waals surface area contributed by atoms with Crippen LogP contribution in [-0.4, -0.2) is 62.7 Å². The number of likely N-dealkylation sites (tertiary alicyclic amines) is 1. The lowest BCUT2D eigenvalue weighted by Crippen LogP contribution is -2.44. The highest BCUT2D eigenvalue weighted by molar-refractivity contribution is 5.77. The number of piperidine rings is 1. The number of nitrogens with one attached hydrogen (secondary N) is 2. The Labute approximate surface area is 127 Å². The molecule has 0 aromatic heterocycles. The van der Waals surface area contributed by atoms with Gasteiger partial charge in [0.05, 0.1) is 0 Å². The molecular formula is C15H29N3O3. The second kappa shape index (κ2) is 10.6. The second-order valence-electron chi connectivity index (χ2n) is 5.53. The predicted octanol–water partition coefficient (Wildman–Crippen LogP) is 0.520. The summed E-state index contributed by atoms with van der Waals surface area (Å²) in [6.07, 6.45) is 4.71. The molecule has 1 aliphatic heterocycles. The van der Waals surface area contributed by atoms with Crippen LogP contribution in [-0.2, 0) is 14.3 Å². The van der Waals surface area contributed by atoms with Gasteiger partial charge in [-0.3, -0.25) is 9.59 Å². The number of hydrogen-bond acceptors (Lipinski definition) is 4. The maximum atomic E-state index is 11.3. The Bertz CT molecular complexity index is 315. The van der Waals surface area contributed by atoms with E-state index in [-0.39, 0.29) is 18.4 Å². The summed E-state index contributed by atoms with van der Waals surface area (Å²) in [5.41, 5.74) is 0. The summed E-state index contributed by atoms with van der Waals surface area (Å²) in [5.74, 6) is 0.102. The number of unbranched alkanes of at least 4 members (excludes halogenated alkanes) is 1. The lowest BCUT2D eigenvalue weighted by atomic mass is 10.0. The average molecular weight is 299 g/mol. The molecule has 1 rings (SSSR count). The van der Waals surface area contributed by atoms with Gasteiger partial charge in [-0.05, 0) is 32.2 Å². The summed E-state index contributed by atoms with van der Waals surface area (Å²) in [6, 6.07) is 0.349. The van der Waals surface area contributed by atoms with Crippen molar-refractivity contribution in [1.29, 1.82) is 0 Å². The van der Waals surface area contributed by atoms with Crippen LogP contribution in [0.3, 0.4) is 0 Å². The van der Waals surface area contributed by atoms with Gasteiger partial charge in [0.2, 0.25) is 11.8 Å². The number of methoxy groups -OCH3 is 1. The lowest BCUT2D eigenvalue weighted by Gasteiger charge is -2.32. The van der Waals surface area contributed by atoms with E-state index in [1.807, 2.05) is 6.92 Å². The molecule has 0 spiro atoms. The molecule has 21 heavy (non-hydrogen) atoms. The minimum Gasteiger partial charge on any atom is -0.375 e. The van der Waals surface area contributed by atoms with Crippen molar-refractivity contribution >= 4 is 11.8 Å². The van der Waals surface area contributed by atoms with E-state index in [0.717, 1.165) is 45.3 Å². The topological polar surface area (TPSA) is 70.7 Å². The number of rotatable bonds is 9. The third kappa shape index (κ3) is 8.02. The summed E-state index contributed by atoms with van der Waals surface area (Å²) in [7, 11) is 1.52. The normalized spacial score (nSPS) is 16.7. The maximum absolute atomic E-state index is 11.3.